The molecule has 2 atom stereocenters. The highest BCUT2D eigenvalue weighted by Crippen LogP contribution is 2.36. The first kappa shape index (κ1) is 19.0. The van der Waals surface area contributed by atoms with Gasteiger partial charge in [0.25, 0.3) is 0 Å². The quantitative estimate of drug-likeness (QED) is 0.596. The molecule has 24 heavy (non-hydrogen) atoms. The fourth-order valence-corrected chi connectivity index (χ4v) is 3.71. The number of hydrogen-bond donors (Lipinski definition) is 0. The van der Waals surface area contributed by atoms with E-state index in [2.05, 4.69) is 40.7 Å². The standard InChI is InChI=1S/C22H34O2/c1-14(2)8-7-9-15(3)10-11-19-13-20(23)21-17(5)12-16(4)18(6)22(21)24-19/h12,14-15,19H,7-11,13H2,1-6H3. The molecule has 0 N–H and O–H groups in total. The Bertz CT molecular complexity index is 586. The number of Topliss-reactive ketones (excluding diaryl/α,β-unsaturated/α-hetero) is 1. The highest BCUT2D eigenvalue weighted by Gasteiger charge is 2.29. The Morgan fingerprint density at radius 1 is 1.08 bits per heavy atom. The molecule has 1 heterocycles. The van der Waals surface area contributed by atoms with Gasteiger partial charge in [-0.1, -0.05) is 46.1 Å². The first-order valence-electron chi connectivity index (χ1n) is 9.60. The van der Waals surface area contributed by atoms with Crippen LogP contribution >= 0.6 is 0 Å². The summed E-state index contributed by atoms with van der Waals surface area (Å²) >= 11 is 0. The fourth-order valence-electron chi connectivity index (χ4n) is 3.71. The molecule has 0 spiro atoms. The van der Waals surface area contributed by atoms with E-state index < -0.39 is 0 Å². The molecule has 2 nitrogen and oxygen atoms in total. The van der Waals surface area contributed by atoms with E-state index in [1.165, 1.54) is 24.8 Å². The first-order chi connectivity index (χ1) is 11.3. The lowest BCUT2D eigenvalue weighted by atomic mass is 9.89. The van der Waals surface area contributed by atoms with Gasteiger partial charge >= 0.3 is 0 Å². The second-order valence-corrected chi connectivity index (χ2v) is 8.21. The summed E-state index contributed by atoms with van der Waals surface area (Å²) < 4.78 is 6.27. The molecule has 1 aliphatic heterocycles. The largest absolute Gasteiger partial charge is 0.489 e. The van der Waals surface area contributed by atoms with Crippen LogP contribution in [0.2, 0.25) is 0 Å². The third kappa shape index (κ3) is 4.62. The predicted molar refractivity (Wildman–Crippen MR) is 101 cm³/mol. The maximum Gasteiger partial charge on any atom is 0.170 e. The summed E-state index contributed by atoms with van der Waals surface area (Å²) in [5.41, 5.74) is 4.21. The highest BCUT2D eigenvalue weighted by atomic mass is 16.5. The molecule has 0 bridgehead atoms. The Kier molecular flexibility index (Phi) is 6.48. The van der Waals surface area contributed by atoms with Crippen LogP contribution in [0.15, 0.2) is 6.07 Å². The van der Waals surface area contributed by atoms with Crippen LogP contribution in [0.5, 0.6) is 5.75 Å². The van der Waals surface area contributed by atoms with Gasteiger partial charge in [0, 0.05) is 6.42 Å². The van der Waals surface area contributed by atoms with E-state index in [0.717, 1.165) is 41.2 Å². The van der Waals surface area contributed by atoms with Crippen molar-refractivity contribution in [2.75, 3.05) is 0 Å². The van der Waals surface area contributed by atoms with Gasteiger partial charge in [-0.15, -0.1) is 0 Å². The van der Waals surface area contributed by atoms with Crippen molar-refractivity contribution in [3.63, 3.8) is 0 Å². The highest BCUT2D eigenvalue weighted by molar-refractivity contribution is 6.01. The summed E-state index contributed by atoms with van der Waals surface area (Å²) in [6.45, 7) is 13.1. The Hall–Kier alpha value is -1.31. The Morgan fingerprint density at radius 2 is 1.79 bits per heavy atom. The van der Waals surface area contributed by atoms with Gasteiger partial charge in [0.05, 0.1) is 5.56 Å². The predicted octanol–water partition coefficient (Wildman–Crippen LogP) is 6.19. The van der Waals surface area contributed by atoms with Crippen molar-refractivity contribution < 1.29 is 9.53 Å². The van der Waals surface area contributed by atoms with E-state index in [9.17, 15) is 4.79 Å². The summed E-state index contributed by atoms with van der Waals surface area (Å²) in [5.74, 6) is 2.61. The van der Waals surface area contributed by atoms with Crippen LogP contribution in [0.25, 0.3) is 0 Å². The topological polar surface area (TPSA) is 26.3 Å². The van der Waals surface area contributed by atoms with Crippen molar-refractivity contribution >= 4 is 5.78 Å². The molecular formula is C22H34O2. The maximum absolute atomic E-state index is 12.6. The lowest BCUT2D eigenvalue weighted by molar-refractivity contribution is 0.0825. The monoisotopic (exact) mass is 330 g/mol. The summed E-state index contributed by atoms with van der Waals surface area (Å²) in [6, 6.07) is 2.10. The van der Waals surface area contributed by atoms with Crippen LogP contribution in [0, 0.1) is 32.6 Å². The summed E-state index contributed by atoms with van der Waals surface area (Å²) in [5, 5.41) is 0. The number of carbonyl (C=O) groups excluding carboxylic acids is 1. The first-order valence-corrected chi connectivity index (χ1v) is 9.60. The third-order valence-corrected chi connectivity index (χ3v) is 5.42. The molecule has 1 aromatic carbocycles. The molecule has 2 unspecified atom stereocenters. The zero-order valence-corrected chi connectivity index (χ0v) is 16.4. The van der Waals surface area contributed by atoms with Crippen molar-refractivity contribution in [1.29, 1.82) is 0 Å². The average molecular weight is 331 g/mol. The van der Waals surface area contributed by atoms with Gasteiger partial charge in [0.1, 0.15) is 11.9 Å². The number of benzene rings is 1. The lowest BCUT2D eigenvalue weighted by Crippen LogP contribution is -2.28. The maximum atomic E-state index is 12.6. The molecule has 134 valence electrons. The zero-order valence-electron chi connectivity index (χ0n) is 16.4. The van der Waals surface area contributed by atoms with Crippen LogP contribution < -0.4 is 4.74 Å². The number of ketones is 1. The van der Waals surface area contributed by atoms with Crippen molar-refractivity contribution in [2.45, 2.75) is 86.2 Å². The molecule has 0 saturated carbocycles. The van der Waals surface area contributed by atoms with E-state index in [-0.39, 0.29) is 11.9 Å². The van der Waals surface area contributed by atoms with Gasteiger partial charge in [-0.25, -0.2) is 0 Å². The zero-order chi connectivity index (χ0) is 17.9. The van der Waals surface area contributed by atoms with E-state index in [1.54, 1.807) is 0 Å². The number of hydrogen-bond acceptors (Lipinski definition) is 2. The van der Waals surface area contributed by atoms with E-state index in [0.29, 0.717) is 12.3 Å². The number of aryl methyl sites for hydroxylation is 2. The Labute approximate surface area is 148 Å². The van der Waals surface area contributed by atoms with E-state index in [1.807, 2.05) is 6.92 Å². The number of ether oxygens (including phenoxy) is 1. The Morgan fingerprint density at radius 3 is 2.46 bits per heavy atom. The molecule has 2 heteroatoms. The van der Waals surface area contributed by atoms with E-state index >= 15 is 0 Å². The minimum absolute atomic E-state index is 0.0532. The van der Waals surface area contributed by atoms with Gasteiger partial charge < -0.3 is 4.74 Å². The van der Waals surface area contributed by atoms with E-state index in [4.69, 9.17) is 4.74 Å². The third-order valence-electron chi connectivity index (χ3n) is 5.42. The number of fused-ring (bicyclic) bond motifs is 1. The van der Waals surface area contributed by atoms with Crippen LogP contribution in [-0.4, -0.2) is 11.9 Å². The second kappa shape index (κ2) is 8.18. The molecule has 0 aromatic heterocycles. The molecule has 0 saturated heterocycles. The SMILES string of the molecule is Cc1cc(C)c2c(c1C)OC(CCC(C)CCCC(C)C)CC2=O. The van der Waals surface area contributed by atoms with Gasteiger partial charge in [0.15, 0.2) is 5.78 Å². The van der Waals surface area contributed by atoms with Gasteiger partial charge in [-0.2, -0.15) is 0 Å². The molecular weight excluding hydrogens is 296 g/mol. The van der Waals surface area contributed by atoms with Crippen molar-refractivity contribution in [3.05, 3.63) is 28.3 Å². The van der Waals surface area contributed by atoms with Crippen LogP contribution in [-0.2, 0) is 0 Å². The molecule has 0 aliphatic carbocycles. The molecule has 0 fully saturated rings. The normalized spacial score (nSPS) is 18.5. The minimum atomic E-state index is 0.0532. The van der Waals surface area contributed by atoms with Crippen molar-refractivity contribution in [1.82, 2.24) is 0 Å². The summed E-state index contributed by atoms with van der Waals surface area (Å²) in [4.78, 5) is 12.6. The Balaban J connectivity index is 1.95. The fraction of sp³-hybridized carbons (Fsp3) is 0.682. The second-order valence-electron chi connectivity index (χ2n) is 8.21. The van der Waals surface area contributed by atoms with Gasteiger partial charge in [-0.05, 0) is 62.1 Å². The molecule has 0 radical (unpaired) electrons. The molecule has 0 amide bonds. The lowest BCUT2D eigenvalue weighted by Gasteiger charge is -2.29. The van der Waals surface area contributed by atoms with Gasteiger partial charge in [0.2, 0.25) is 0 Å². The number of carbonyl (C=O) groups is 1. The summed E-state index contributed by atoms with van der Waals surface area (Å²) in [7, 11) is 0. The summed E-state index contributed by atoms with van der Waals surface area (Å²) in [6.07, 6.45) is 6.63. The average Bonchev–Trinajstić information content (AvgIpc) is 2.49. The molecule has 2 rings (SSSR count). The van der Waals surface area contributed by atoms with Crippen molar-refractivity contribution in [2.24, 2.45) is 11.8 Å². The van der Waals surface area contributed by atoms with Crippen LogP contribution in [0.1, 0.15) is 86.3 Å². The van der Waals surface area contributed by atoms with Crippen molar-refractivity contribution in [3.8, 4) is 5.75 Å². The molecule has 1 aliphatic rings. The van der Waals surface area contributed by atoms with Gasteiger partial charge in [-0.3, -0.25) is 4.79 Å². The van der Waals surface area contributed by atoms with Crippen LogP contribution in [0.4, 0.5) is 0 Å². The van der Waals surface area contributed by atoms with Crippen LogP contribution in [0.3, 0.4) is 0 Å². The smallest absolute Gasteiger partial charge is 0.170 e. The minimum Gasteiger partial charge on any atom is -0.489 e. The number of rotatable bonds is 7. The molecule has 1 aromatic rings.